The van der Waals surface area contributed by atoms with Gasteiger partial charge >= 0.3 is 5.97 Å². The van der Waals surface area contributed by atoms with Crippen LogP contribution < -0.4 is 10.5 Å². The van der Waals surface area contributed by atoms with E-state index in [9.17, 15) is 13.2 Å². The molecule has 7 heteroatoms. The van der Waals surface area contributed by atoms with E-state index in [0.717, 1.165) is 0 Å². The molecule has 1 aromatic rings. The molecule has 1 atom stereocenters. The van der Waals surface area contributed by atoms with Crippen molar-refractivity contribution in [1.82, 2.24) is 5.32 Å². The van der Waals surface area contributed by atoms with Crippen molar-refractivity contribution >= 4 is 16.0 Å². The van der Waals surface area contributed by atoms with Gasteiger partial charge in [0, 0.05) is 6.04 Å². The van der Waals surface area contributed by atoms with Crippen molar-refractivity contribution in [2.24, 2.45) is 5.14 Å². The summed E-state index contributed by atoms with van der Waals surface area (Å²) in [5.74, 6) is -0.396. The van der Waals surface area contributed by atoms with Crippen LogP contribution in [0.3, 0.4) is 0 Å². The minimum absolute atomic E-state index is 0.0412. The number of hydrogen-bond acceptors (Lipinski definition) is 5. The summed E-state index contributed by atoms with van der Waals surface area (Å²) in [6.45, 7) is 5.21. The maximum absolute atomic E-state index is 11.6. The van der Waals surface area contributed by atoms with E-state index in [2.05, 4.69) is 5.32 Å². The van der Waals surface area contributed by atoms with E-state index in [1.807, 2.05) is 6.92 Å². The third-order valence-electron chi connectivity index (χ3n) is 2.96. The summed E-state index contributed by atoms with van der Waals surface area (Å²) >= 11 is 0. The number of carbonyl (C=O) groups is 1. The molecule has 0 aliphatic carbocycles. The highest BCUT2D eigenvalue weighted by atomic mass is 32.2. The molecule has 0 saturated carbocycles. The van der Waals surface area contributed by atoms with Gasteiger partial charge in [0.05, 0.1) is 12.0 Å². The van der Waals surface area contributed by atoms with E-state index >= 15 is 0 Å². The Labute approximate surface area is 119 Å². The molecule has 0 aromatic heterocycles. The third kappa shape index (κ3) is 4.03. The smallest absolute Gasteiger partial charge is 0.325 e. The lowest BCUT2D eigenvalue weighted by atomic mass is 10.0. The van der Waals surface area contributed by atoms with Gasteiger partial charge in [0.1, 0.15) is 5.54 Å². The van der Waals surface area contributed by atoms with E-state index < -0.39 is 21.5 Å². The van der Waals surface area contributed by atoms with Crippen LogP contribution in [0.2, 0.25) is 0 Å². The molecule has 1 unspecified atom stereocenters. The van der Waals surface area contributed by atoms with Gasteiger partial charge in [-0.05, 0) is 38.5 Å². The molecular weight excluding hydrogens is 280 g/mol. The number of primary sulfonamides is 1. The monoisotopic (exact) mass is 300 g/mol. The first-order chi connectivity index (χ1) is 9.08. The average molecular weight is 300 g/mol. The van der Waals surface area contributed by atoms with Gasteiger partial charge in [-0.25, -0.2) is 13.6 Å². The number of methoxy groups -OCH3 is 1. The predicted molar refractivity (Wildman–Crippen MR) is 75.5 cm³/mol. The van der Waals surface area contributed by atoms with E-state index in [-0.39, 0.29) is 10.9 Å². The van der Waals surface area contributed by atoms with E-state index in [4.69, 9.17) is 9.88 Å². The van der Waals surface area contributed by atoms with Gasteiger partial charge in [0.25, 0.3) is 0 Å². The highest BCUT2D eigenvalue weighted by Gasteiger charge is 2.30. The van der Waals surface area contributed by atoms with Crippen LogP contribution in [-0.4, -0.2) is 27.0 Å². The fourth-order valence-corrected chi connectivity index (χ4v) is 2.47. The van der Waals surface area contributed by atoms with Gasteiger partial charge in [0.15, 0.2) is 0 Å². The Bertz CT molecular complexity index is 596. The molecule has 0 aliphatic rings. The van der Waals surface area contributed by atoms with Crippen LogP contribution in [0.25, 0.3) is 0 Å². The van der Waals surface area contributed by atoms with Gasteiger partial charge in [-0.3, -0.25) is 10.1 Å². The maximum Gasteiger partial charge on any atom is 0.325 e. The molecule has 1 rings (SSSR count). The van der Waals surface area contributed by atoms with Crippen molar-refractivity contribution in [1.29, 1.82) is 0 Å². The number of sulfonamides is 1. The topological polar surface area (TPSA) is 98.5 Å². The number of esters is 1. The number of benzene rings is 1. The Balaban J connectivity index is 2.99. The van der Waals surface area contributed by atoms with Crippen LogP contribution >= 0.6 is 0 Å². The fourth-order valence-electron chi connectivity index (χ4n) is 1.90. The Morgan fingerprint density at radius 1 is 1.40 bits per heavy atom. The van der Waals surface area contributed by atoms with Gasteiger partial charge in [-0.2, -0.15) is 0 Å². The Kier molecular flexibility index (Phi) is 4.90. The lowest BCUT2D eigenvalue weighted by molar-refractivity contribution is -0.147. The summed E-state index contributed by atoms with van der Waals surface area (Å²) in [6.07, 6.45) is 0. The summed E-state index contributed by atoms with van der Waals surface area (Å²) in [6, 6.07) is 6.04. The Morgan fingerprint density at radius 3 is 2.50 bits per heavy atom. The van der Waals surface area contributed by atoms with Crippen LogP contribution in [0.1, 0.15) is 32.4 Å². The second-order valence-corrected chi connectivity index (χ2v) is 6.66. The van der Waals surface area contributed by atoms with Crippen LogP contribution in [0, 0.1) is 0 Å². The average Bonchev–Trinajstić information content (AvgIpc) is 2.36. The summed E-state index contributed by atoms with van der Waals surface area (Å²) in [4.78, 5) is 11.7. The van der Waals surface area contributed by atoms with E-state index in [1.54, 1.807) is 26.0 Å². The van der Waals surface area contributed by atoms with Crippen molar-refractivity contribution < 1.29 is 17.9 Å². The SMILES string of the molecule is COC(=O)C(C)(C)NC(C)c1cccc(S(N)(=O)=O)c1. The third-order valence-corrected chi connectivity index (χ3v) is 3.87. The Morgan fingerprint density at radius 2 is 2.00 bits per heavy atom. The molecule has 0 saturated heterocycles. The first-order valence-electron chi connectivity index (χ1n) is 6.07. The summed E-state index contributed by atoms with van der Waals surface area (Å²) in [5, 5.41) is 8.19. The van der Waals surface area contributed by atoms with Crippen molar-refractivity contribution in [3.8, 4) is 0 Å². The van der Waals surface area contributed by atoms with E-state index in [0.29, 0.717) is 5.56 Å². The number of ether oxygens (including phenoxy) is 1. The van der Waals surface area contributed by atoms with E-state index in [1.165, 1.54) is 19.2 Å². The molecule has 0 bridgehead atoms. The molecule has 20 heavy (non-hydrogen) atoms. The fraction of sp³-hybridized carbons (Fsp3) is 0.462. The van der Waals surface area contributed by atoms with Gasteiger partial charge < -0.3 is 4.74 Å². The molecule has 0 amide bonds. The largest absolute Gasteiger partial charge is 0.468 e. The normalized spacial score (nSPS) is 13.8. The molecule has 0 fully saturated rings. The highest BCUT2D eigenvalue weighted by Crippen LogP contribution is 2.20. The molecule has 112 valence electrons. The quantitative estimate of drug-likeness (QED) is 0.788. The molecular formula is C13H20N2O4S. The molecule has 0 aliphatic heterocycles. The van der Waals surface area contributed by atoms with Crippen molar-refractivity contribution in [3.05, 3.63) is 29.8 Å². The molecule has 6 nitrogen and oxygen atoms in total. The van der Waals surface area contributed by atoms with Crippen molar-refractivity contribution in [3.63, 3.8) is 0 Å². The molecule has 3 N–H and O–H groups in total. The second-order valence-electron chi connectivity index (χ2n) is 5.10. The zero-order chi connectivity index (χ0) is 15.6. The summed E-state index contributed by atoms with van der Waals surface area (Å²) < 4.78 is 27.4. The Hall–Kier alpha value is -1.44. The predicted octanol–water partition coefficient (Wildman–Crippen LogP) is 0.936. The second kappa shape index (κ2) is 5.90. The van der Waals surface area contributed by atoms with Crippen LogP contribution in [0.15, 0.2) is 29.2 Å². The number of nitrogens with two attached hydrogens (primary N) is 1. The van der Waals surface area contributed by atoms with Gasteiger partial charge in [-0.15, -0.1) is 0 Å². The minimum atomic E-state index is -3.74. The van der Waals surface area contributed by atoms with Crippen LogP contribution in [0.4, 0.5) is 0 Å². The zero-order valence-electron chi connectivity index (χ0n) is 12.0. The summed E-state index contributed by atoms with van der Waals surface area (Å²) in [5.41, 5.74) is -0.167. The molecule has 0 spiro atoms. The number of rotatable bonds is 5. The maximum atomic E-state index is 11.6. The summed E-state index contributed by atoms with van der Waals surface area (Å²) in [7, 11) is -2.43. The molecule has 0 heterocycles. The van der Waals surface area contributed by atoms with Gasteiger partial charge in [0.2, 0.25) is 10.0 Å². The number of carbonyl (C=O) groups excluding carboxylic acids is 1. The first kappa shape index (κ1) is 16.6. The number of nitrogens with one attached hydrogen (secondary N) is 1. The molecule has 0 radical (unpaired) electrons. The van der Waals surface area contributed by atoms with Gasteiger partial charge in [-0.1, -0.05) is 12.1 Å². The molecule has 1 aromatic carbocycles. The van der Waals surface area contributed by atoms with Crippen LogP contribution in [-0.2, 0) is 19.6 Å². The van der Waals surface area contributed by atoms with Crippen molar-refractivity contribution in [2.75, 3.05) is 7.11 Å². The zero-order valence-corrected chi connectivity index (χ0v) is 12.8. The number of hydrogen-bond donors (Lipinski definition) is 2. The lowest BCUT2D eigenvalue weighted by Gasteiger charge is -2.27. The minimum Gasteiger partial charge on any atom is -0.468 e. The lowest BCUT2D eigenvalue weighted by Crippen LogP contribution is -2.48. The standard InChI is InChI=1S/C13H20N2O4S/c1-9(15-13(2,3)12(16)19-4)10-6-5-7-11(8-10)20(14,17)18/h5-9,15H,1-4H3,(H2,14,17,18). The highest BCUT2D eigenvalue weighted by molar-refractivity contribution is 7.89. The first-order valence-corrected chi connectivity index (χ1v) is 7.61. The van der Waals surface area contributed by atoms with Crippen molar-refractivity contribution in [2.45, 2.75) is 37.2 Å². The van der Waals surface area contributed by atoms with Crippen LogP contribution in [0.5, 0.6) is 0 Å².